The highest BCUT2D eigenvalue weighted by Gasteiger charge is 2.38. The quantitative estimate of drug-likeness (QED) is 0.757. The molecule has 9 heteroatoms. The summed E-state index contributed by atoms with van der Waals surface area (Å²) in [5.74, 6) is -2.44. The van der Waals surface area contributed by atoms with Gasteiger partial charge in [0, 0.05) is 32.3 Å². The minimum absolute atomic E-state index is 0.0174. The first-order valence-electron chi connectivity index (χ1n) is 10.1. The van der Waals surface area contributed by atoms with E-state index in [4.69, 9.17) is 14.6 Å². The second kappa shape index (κ2) is 11.1. The van der Waals surface area contributed by atoms with E-state index in [-0.39, 0.29) is 12.0 Å². The Morgan fingerprint density at radius 3 is 2.41 bits per heavy atom. The zero-order chi connectivity index (χ0) is 23.9. The number of benzene rings is 1. The van der Waals surface area contributed by atoms with E-state index in [0.717, 1.165) is 24.9 Å². The van der Waals surface area contributed by atoms with Crippen LogP contribution in [-0.4, -0.2) is 59.3 Å². The molecule has 1 amide bonds. The van der Waals surface area contributed by atoms with Gasteiger partial charge in [-0.05, 0) is 43.9 Å². The Balaban J connectivity index is 0.000000451. The molecule has 0 bridgehead atoms. The van der Waals surface area contributed by atoms with E-state index in [2.05, 4.69) is 36.2 Å². The second-order valence-electron chi connectivity index (χ2n) is 7.79. The van der Waals surface area contributed by atoms with Gasteiger partial charge in [0.1, 0.15) is 5.69 Å². The Morgan fingerprint density at radius 1 is 1.19 bits per heavy atom. The van der Waals surface area contributed by atoms with E-state index in [1.807, 2.05) is 24.0 Å². The number of pyridine rings is 1. The van der Waals surface area contributed by atoms with Crippen LogP contribution < -0.4 is 0 Å². The molecule has 0 saturated carbocycles. The van der Waals surface area contributed by atoms with Gasteiger partial charge in [0.05, 0.1) is 6.10 Å². The van der Waals surface area contributed by atoms with Gasteiger partial charge in [0.15, 0.2) is 0 Å². The summed E-state index contributed by atoms with van der Waals surface area (Å²) in [6.07, 6.45) is -1.36. The average Bonchev–Trinajstić information content (AvgIpc) is 2.73. The first-order chi connectivity index (χ1) is 15.0. The van der Waals surface area contributed by atoms with Crippen LogP contribution in [0.25, 0.3) is 0 Å². The number of carboxylic acid groups (broad SMARTS) is 1. The number of amides is 1. The first-order valence-corrected chi connectivity index (χ1v) is 10.1. The first kappa shape index (κ1) is 25.3. The Kier molecular flexibility index (Phi) is 8.77. The van der Waals surface area contributed by atoms with Crippen LogP contribution >= 0.6 is 0 Å². The molecule has 2 heterocycles. The molecule has 1 aromatic carbocycles. The van der Waals surface area contributed by atoms with Gasteiger partial charge in [-0.3, -0.25) is 9.78 Å². The van der Waals surface area contributed by atoms with Crippen molar-refractivity contribution >= 4 is 11.9 Å². The topological polar surface area (TPSA) is 79.7 Å². The largest absolute Gasteiger partial charge is 0.490 e. The third-order valence-corrected chi connectivity index (χ3v) is 5.21. The van der Waals surface area contributed by atoms with E-state index >= 15 is 0 Å². The third-order valence-electron chi connectivity index (χ3n) is 5.21. The van der Waals surface area contributed by atoms with Crippen molar-refractivity contribution in [2.75, 3.05) is 20.2 Å². The Labute approximate surface area is 185 Å². The number of piperidine rings is 1. The summed E-state index contributed by atoms with van der Waals surface area (Å²) in [6, 6.07) is 12.3. The summed E-state index contributed by atoms with van der Waals surface area (Å²) in [4.78, 5) is 27.9. The third kappa shape index (κ3) is 7.33. The van der Waals surface area contributed by atoms with Crippen LogP contribution in [0.1, 0.15) is 33.6 Å². The molecule has 0 aliphatic carbocycles. The van der Waals surface area contributed by atoms with E-state index < -0.39 is 12.1 Å². The second-order valence-corrected chi connectivity index (χ2v) is 7.79. The number of ether oxygens (including phenoxy) is 1. The molecule has 1 saturated heterocycles. The fraction of sp³-hybridized carbons (Fsp3) is 0.435. The molecule has 1 aromatic heterocycles. The number of halogens is 3. The molecule has 0 radical (unpaired) electrons. The van der Waals surface area contributed by atoms with Crippen LogP contribution in [0.4, 0.5) is 13.2 Å². The summed E-state index contributed by atoms with van der Waals surface area (Å²) in [5, 5.41) is 7.12. The van der Waals surface area contributed by atoms with Gasteiger partial charge in [-0.2, -0.15) is 13.2 Å². The van der Waals surface area contributed by atoms with Gasteiger partial charge in [-0.15, -0.1) is 0 Å². The lowest BCUT2D eigenvalue weighted by molar-refractivity contribution is -0.192. The summed E-state index contributed by atoms with van der Waals surface area (Å²) < 4.78 is 37.4. The number of aryl methyl sites for hydroxylation is 2. The van der Waals surface area contributed by atoms with Crippen LogP contribution in [-0.2, 0) is 16.0 Å². The zero-order valence-electron chi connectivity index (χ0n) is 18.2. The number of aromatic nitrogens is 1. The molecule has 0 unspecified atom stereocenters. The number of rotatable bonds is 4. The fourth-order valence-electron chi connectivity index (χ4n) is 3.60. The molecule has 6 nitrogen and oxygen atoms in total. The van der Waals surface area contributed by atoms with E-state index in [1.165, 1.54) is 11.1 Å². The van der Waals surface area contributed by atoms with Crippen LogP contribution in [0, 0.1) is 19.8 Å². The highest BCUT2D eigenvalue weighted by Crippen LogP contribution is 2.25. The van der Waals surface area contributed by atoms with Crippen LogP contribution in [0.2, 0.25) is 0 Å². The number of hydrogen-bond acceptors (Lipinski definition) is 4. The molecular weight excluding hydrogens is 425 g/mol. The maximum Gasteiger partial charge on any atom is 0.490 e. The van der Waals surface area contributed by atoms with Gasteiger partial charge in [0.25, 0.3) is 5.91 Å². The van der Waals surface area contributed by atoms with Crippen molar-refractivity contribution in [1.82, 2.24) is 9.88 Å². The number of aliphatic carboxylic acids is 1. The maximum absolute atomic E-state index is 12.8. The smallest absolute Gasteiger partial charge is 0.475 e. The maximum atomic E-state index is 12.8. The number of likely N-dealkylation sites (tertiary alicyclic amines) is 1. The lowest BCUT2D eigenvalue weighted by Gasteiger charge is -2.38. The van der Waals surface area contributed by atoms with E-state index in [1.54, 1.807) is 13.3 Å². The molecule has 32 heavy (non-hydrogen) atoms. The molecule has 1 fully saturated rings. The number of hydrogen-bond donors (Lipinski definition) is 1. The van der Waals surface area contributed by atoms with Gasteiger partial charge in [0.2, 0.25) is 0 Å². The minimum atomic E-state index is -5.08. The monoisotopic (exact) mass is 452 g/mol. The molecule has 1 aliphatic heterocycles. The minimum Gasteiger partial charge on any atom is -0.475 e. The van der Waals surface area contributed by atoms with Crippen molar-refractivity contribution in [3.63, 3.8) is 0 Å². The van der Waals surface area contributed by atoms with Gasteiger partial charge >= 0.3 is 12.1 Å². The predicted molar refractivity (Wildman–Crippen MR) is 112 cm³/mol. The molecule has 1 aliphatic rings. The lowest BCUT2D eigenvalue weighted by Crippen LogP contribution is -2.47. The molecule has 3 rings (SSSR count). The van der Waals surface area contributed by atoms with Crippen LogP contribution in [0.5, 0.6) is 0 Å². The summed E-state index contributed by atoms with van der Waals surface area (Å²) in [7, 11) is 1.77. The molecule has 2 aromatic rings. The highest BCUT2D eigenvalue weighted by molar-refractivity contribution is 5.92. The Morgan fingerprint density at radius 2 is 1.88 bits per heavy atom. The standard InChI is InChI=1S/C21H26N2O2.C2HF3O2/c1-15-5-4-6-17(11-15)12-18-14-23(10-9-20(18)25-3)21(24)19-8-7-16(2)13-22-19;3-2(4,5)1(6)7/h4-8,11,13,18,20H,9-10,12,14H2,1-3H3;(H,6,7)/t18-,20-;/m0./s1. The van der Waals surface area contributed by atoms with Gasteiger partial charge < -0.3 is 14.7 Å². The van der Waals surface area contributed by atoms with Crippen molar-refractivity contribution in [1.29, 1.82) is 0 Å². The highest BCUT2D eigenvalue weighted by atomic mass is 19.4. The van der Waals surface area contributed by atoms with Crippen molar-refractivity contribution in [3.05, 3.63) is 65.0 Å². The zero-order valence-corrected chi connectivity index (χ0v) is 18.2. The normalized spacial score (nSPS) is 18.5. The summed E-state index contributed by atoms with van der Waals surface area (Å²) >= 11 is 0. The molecular formula is C23H27F3N2O4. The van der Waals surface area contributed by atoms with Gasteiger partial charge in [-0.25, -0.2) is 4.79 Å². The van der Waals surface area contributed by atoms with Crippen molar-refractivity contribution in [2.45, 2.75) is 39.0 Å². The Bertz CT molecular complexity index is 916. The fourth-order valence-corrected chi connectivity index (χ4v) is 3.60. The predicted octanol–water partition coefficient (Wildman–Crippen LogP) is 4.05. The van der Waals surface area contributed by atoms with E-state index in [0.29, 0.717) is 18.2 Å². The van der Waals surface area contributed by atoms with Crippen molar-refractivity contribution in [2.24, 2.45) is 5.92 Å². The van der Waals surface area contributed by atoms with Crippen LogP contribution in [0.3, 0.4) is 0 Å². The Hall–Kier alpha value is -2.94. The van der Waals surface area contributed by atoms with Gasteiger partial charge in [-0.1, -0.05) is 35.9 Å². The number of carbonyl (C=O) groups excluding carboxylic acids is 1. The van der Waals surface area contributed by atoms with Crippen LogP contribution in [0.15, 0.2) is 42.6 Å². The summed E-state index contributed by atoms with van der Waals surface area (Å²) in [5.41, 5.74) is 4.15. The molecule has 1 N–H and O–H groups in total. The number of alkyl halides is 3. The number of carbonyl (C=O) groups is 2. The SMILES string of the molecule is CO[C@H]1CCN(C(=O)c2ccc(C)cn2)C[C@@H]1Cc1cccc(C)c1.O=C(O)C(F)(F)F. The lowest BCUT2D eigenvalue weighted by atomic mass is 9.88. The number of carboxylic acids is 1. The number of methoxy groups -OCH3 is 1. The van der Waals surface area contributed by atoms with E-state index in [9.17, 15) is 18.0 Å². The molecule has 0 spiro atoms. The van der Waals surface area contributed by atoms with Crippen molar-refractivity contribution < 1.29 is 32.6 Å². The average molecular weight is 452 g/mol. The summed E-state index contributed by atoms with van der Waals surface area (Å²) in [6.45, 7) is 5.51. The molecule has 174 valence electrons. The number of nitrogens with zero attached hydrogens (tertiary/aromatic N) is 2. The molecule has 2 atom stereocenters. The van der Waals surface area contributed by atoms with Crippen molar-refractivity contribution in [3.8, 4) is 0 Å².